The summed E-state index contributed by atoms with van der Waals surface area (Å²) in [7, 11) is 0. The Balaban J connectivity index is 1.74. The second-order valence-electron chi connectivity index (χ2n) is 8.57. The molecule has 1 aliphatic heterocycles. The highest BCUT2D eigenvalue weighted by atomic mass is 32.2. The maximum absolute atomic E-state index is 13.5. The molecule has 2 heterocycles. The molecule has 5 heteroatoms. The minimum absolute atomic E-state index is 0.0233. The minimum Gasteiger partial charge on any atom is -0.343 e. The van der Waals surface area contributed by atoms with Crippen LogP contribution in [0.15, 0.2) is 53.7 Å². The van der Waals surface area contributed by atoms with Crippen molar-refractivity contribution >= 4 is 17.7 Å². The van der Waals surface area contributed by atoms with Gasteiger partial charge in [0.15, 0.2) is 0 Å². The van der Waals surface area contributed by atoms with Crippen molar-refractivity contribution in [3.8, 4) is 0 Å². The number of carbonyl (C=O) groups is 1. The molecule has 3 atom stereocenters. The Labute approximate surface area is 184 Å². The number of hydrogen-bond donors (Lipinski definition) is 1. The van der Waals surface area contributed by atoms with E-state index in [9.17, 15) is 4.79 Å². The number of benzene rings is 1. The molecular weight excluding hydrogens is 390 g/mol. The number of nitrogens with one attached hydrogen (secondary N) is 1. The molecule has 0 spiro atoms. The Morgan fingerprint density at radius 1 is 1.20 bits per heavy atom. The number of carbonyl (C=O) groups excluding carboxylic acids is 1. The Kier molecular flexibility index (Phi) is 6.49. The van der Waals surface area contributed by atoms with Crippen molar-refractivity contribution in [3.63, 3.8) is 0 Å². The third-order valence-corrected chi connectivity index (χ3v) is 7.71. The molecule has 1 aliphatic carbocycles. The van der Waals surface area contributed by atoms with Crippen LogP contribution in [0.4, 0.5) is 0 Å². The highest BCUT2D eigenvalue weighted by Gasteiger charge is 2.54. The third kappa shape index (κ3) is 3.90. The first-order valence-corrected chi connectivity index (χ1v) is 12.5. The number of pyridine rings is 1. The summed E-state index contributed by atoms with van der Waals surface area (Å²) in [6, 6.07) is 15.5. The van der Waals surface area contributed by atoms with E-state index >= 15 is 0 Å². The summed E-state index contributed by atoms with van der Waals surface area (Å²) in [6.45, 7) is 4.61. The molecule has 160 valence electrons. The fraction of sp³-hybridized carbons (Fsp3) is 0.520. The van der Waals surface area contributed by atoms with Gasteiger partial charge in [-0.1, -0.05) is 44.2 Å². The minimum atomic E-state index is -0.0411. The van der Waals surface area contributed by atoms with Gasteiger partial charge in [-0.2, -0.15) is 0 Å². The van der Waals surface area contributed by atoms with Crippen molar-refractivity contribution in [1.29, 1.82) is 0 Å². The number of hydrogen-bond acceptors (Lipinski definition) is 4. The summed E-state index contributed by atoms with van der Waals surface area (Å²) in [4.78, 5) is 20.7. The van der Waals surface area contributed by atoms with Crippen LogP contribution in [0, 0.1) is 0 Å². The molecule has 3 unspecified atom stereocenters. The Bertz CT molecular complexity index is 870. The summed E-state index contributed by atoms with van der Waals surface area (Å²) in [5.74, 6) is -0.0233. The zero-order valence-corrected chi connectivity index (χ0v) is 19.1. The van der Waals surface area contributed by atoms with Crippen LogP contribution in [-0.4, -0.2) is 39.7 Å². The zero-order valence-electron chi connectivity index (χ0n) is 18.3. The number of nitrogens with zero attached hydrogens (tertiary/aromatic N) is 2. The highest BCUT2D eigenvalue weighted by molar-refractivity contribution is 7.98. The average Bonchev–Trinajstić information content (AvgIpc) is 3.57. The Morgan fingerprint density at radius 3 is 2.60 bits per heavy atom. The standard InChI is InChI=1S/C25H33N3OS/c1-4-19-15-16-25(5-2,28(19)20-13-14-20)22(18-10-7-6-8-11-18)27-23(29)21-12-9-17-26-24(21)30-3/h6-12,17,19-20,22H,4-5,13-16H2,1-3H3,(H,27,29). The lowest BCUT2D eigenvalue weighted by atomic mass is 9.80. The first-order valence-electron chi connectivity index (χ1n) is 11.3. The highest BCUT2D eigenvalue weighted by Crippen LogP contribution is 2.51. The van der Waals surface area contributed by atoms with Crippen LogP contribution < -0.4 is 5.32 Å². The summed E-state index contributed by atoms with van der Waals surface area (Å²) in [6.07, 6.45) is 10.8. The molecule has 1 amide bonds. The smallest absolute Gasteiger partial charge is 0.254 e. The lowest BCUT2D eigenvalue weighted by Crippen LogP contribution is -2.56. The van der Waals surface area contributed by atoms with Crippen LogP contribution in [-0.2, 0) is 0 Å². The second-order valence-corrected chi connectivity index (χ2v) is 9.37. The van der Waals surface area contributed by atoms with Gasteiger partial charge in [0.25, 0.3) is 5.91 Å². The van der Waals surface area contributed by atoms with E-state index in [1.54, 1.807) is 6.20 Å². The van der Waals surface area contributed by atoms with Crippen LogP contribution in [0.3, 0.4) is 0 Å². The van der Waals surface area contributed by atoms with Crippen molar-refractivity contribution < 1.29 is 4.79 Å². The van der Waals surface area contributed by atoms with Crippen molar-refractivity contribution in [2.75, 3.05) is 6.26 Å². The van der Waals surface area contributed by atoms with Gasteiger partial charge in [-0.3, -0.25) is 9.69 Å². The molecule has 4 rings (SSSR count). The number of rotatable bonds is 8. The van der Waals surface area contributed by atoms with Gasteiger partial charge in [0.05, 0.1) is 11.6 Å². The van der Waals surface area contributed by atoms with Crippen LogP contribution in [0.25, 0.3) is 0 Å². The average molecular weight is 424 g/mol. The van der Waals surface area contributed by atoms with Crippen molar-refractivity contribution in [2.45, 2.75) is 81.1 Å². The fourth-order valence-electron chi connectivity index (χ4n) is 5.43. The normalized spacial score (nSPS) is 25.2. The van der Waals surface area contributed by atoms with E-state index in [-0.39, 0.29) is 17.5 Å². The Morgan fingerprint density at radius 2 is 1.97 bits per heavy atom. The van der Waals surface area contributed by atoms with Crippen molar-refractivity contribution in [3.05, 3.63) is 59.8 Å². The predicted molar refractivity (Wildman–Crippen MR) is 124 cm³/mol. The van der Waals surface area contributed by atoms with Crippen molar-refractivity contribution in [2.24, 2.45) is 0 Å². The maximum Gasteiger partial charge on any atom is 0.254 e. The van der Waals surface area contributed by atoms with E-state index in [1.165, 1.54) is 43.0 Å². The summed E-state index contributed by atoms with van der Waals surface area (Å²) < 4.78 is 0. The number of amides is 1. The van der Waals surface area contributed by atoms with Gasteiger partial charge in [0.1, 0.15) is 5.03 Å². The van der Waals surface area contributed by atoms with Gasteiger partial charge in [-0.15, -0.1) is 11.8 Å². The topological polar surface area (TPSA) is 45.2 Å². The number of likely N-dealkylation sites (tertiary alicyclic amines) is 1. The van der Waals surface area contributed by atoms with Crippen LogP contribution in [0.1, 0.15) is 74.3 Å². The lowest BCUT2D eigenvalue weighted by Gasteiger charge is -2.47. The summed E-state index contributed by atoms with van der Waals surface area (Å²) in [5, 5.41) is 4.26. The number of thioether (sulfide) groups is 1. The third-order valence-electron chi connectivity index (χ3n) is 7.00. The SMILES string of the molecule is CCC1CCC(CC)(C(NC(=O)c2cccnc2SC)c2ccccc2)N1C1CC1. The van der Waals surface area contributed by atoms with Crippen LogP contribution >= 0.6 is 11.8 Å². The second kappa shape index (κ2) is 9.11. The molecule has 2 aliphatic rings. The molecule has 0 radical (unpaired) electrons. The van der Waals surface area contributed by atoms with Gasteiger partial charge >= 0.3 is 0 Å². The fourth-order valence-corrected chi connectivity index (χ4v) is 5.98. The van der Waals surface area contributed by atoms with Gasteiger partial charge in [0, 0.05) is 23.8 Å². The summed E-state index contributed by atoms with van der Waals surface area (Å²) in [5.41, 5.74) is 1.82. The molecule has 1 aromatic heterocycles. The van der Waals surface area contributed by atoms with Crippen molar-refractivity contribution in [1.82, 2.24) is 15.2 Å². The van der Waals surface area contributed by atoms with Gasteiger partial charge in [0.2, 0.25) is 0 Å². The quantitative estimate of drug-likeness (QED) is 0.573. The molecule has 2 aromatic rings. The maximum atomic E-state index is 13.5. The molecular formula is C25H33N3OS. The molecule has 2 fully saturated rings. The first kappa shape index (κ1) is 21.4. The summed E-state index contributed by atoms with van der Waals surface area (Å²) >= 11 is 1.52. The van der Waals surface area contributed by atoms with E-state index in [4.69, 9.17) is 0 Å². The molecule has 1 aromatic carbocycles. The van der Waals surface area contributed by atoms with E-state index in [0.717, 1.165) is 17.9 Å². The number of aromatic nitrogens is 1. The van der Waals surface area contributed by atoms with E-state index < -0.39 is 0 Å². The lowest BCUT2D eigenvalue weighted by molar-refractivity contribution is 0.0437. The monoisotopic (exact) mass is 423 g/mol. The molecule has 1 N–H and O–H groups in total. The van der Waals surface area contributed by atoms with Gasteiger partial charge in [-0.25, -0.2) is 4.98 Å². The molecule has 4 nitrogen and oxygen atoms in total. The largest absolute Gasteiger partial charge is 0.343 e. The first-order chi connectivity index (χ1) is 14.6. The Hall–Kier alpha value is -1.85. The molecule has 1 saturated heterocycles. The van der Waals surface area contributed by atoms with Gasteiger partial charge < -0.3 is 5.32 Å². The van der Waals surface area contributed by atoms with E-state index in [2.05, 4.69) is 59.4 Å². The predicted octanol–water partition coefficient (Wildman–Crippen LogP) is 5.46. The molecule has 0 bridgehead atoms. The zero-order chi connectivity index (χ0) is 21.1. The molecule has 1 saturated carbocycles. The molecule has 30 heavy (non-hydrogen) atoms. The van der Waals surface area contributed by atoms with E-state index in [1.807, 2.05) is 18.4 Å². The van der Waals surface area contributed by atoms with Crippen LogP contribution in [0.2, 0.25) is 0 Å². The van der Waals surface area contributed by atoms with E-state index in [0.29, 0.717) is 17.6 Å². The van der Waals surface area contributed by atoms with Gasteiger partial charge in [-0.05, 0) is 62.5 Å². The van der Waals surface area contributed by atoms with Crippen LogP contribution in [0.5, 0.6) is 0 Å².